The van der Waals surface area contributed by atoms with E-state index in [1.807, 2.05) is 18.2 Å². The number of likely N-dealkylation sites (N-methyl/N-ethyl adjacent to an activating group) is 1. The molecule has 1 aromatic heterocycles. The first-order valence-electron chi connectivity index (χ1n) is 10.4. The normalized spacial score (nSPS) is 23.4. The maximum atomic E-state index is 13.2. The third-order valence-corrected chi connectivity index (χ3v) is 7.44. The van der Waals surface area contributed by atoms with Gasteiger partial charge < -0.3 is 14.5 Å². The fourth-order valence-electron chi connectivity index (χ4n) is 4.76. The Balaban J connectivity index is 1.33. The van der Waals surface area contributed by atoms with Crippen molar-refractivity contribution in [1.29, 1.82) is 0 Å². The van der Waals surface area contributed by atoms with E-state index >= 15 is 0 Å². The molecule has 0 radical (unpaired) electrons. The predicted octanol–water partition coefficient (Wildman–Crippen LogP) is 2.89. The van der Waals surface area contributed by atoms with Crippen LogP contribution in [0.3, 0.4) is 0 Å². The number of urea groups is 1. The van der Waals surface area contributed by atoms with Crippen molar-refractivity contribution in [2.24, 2.45) is 0 Å². The van der Waals surface area contributed by atoms with Gasteiger partial charge in [0.2, 0.25) is 0 Å². The number of morpholine rings is 1. The number of nitrogens with zero attached hydrogens (tertiary/aromatic N) is 4. The van der Waals surface area contributed by atoms with Crippen LogP contribution in [-0.2, 0) is 10.2 Å². The van der Waals surface area contributed by atoms with E-state index < -0.39 is 0 Å². The van der Waals surface area contributed by atoms with Gasteiger partial charge in [0.15, 0.2) is 5.13 Å². The number of benzene rings is 1. The van der Waals surface area contributed by atoms with Crippen molar-refractivity contribution in [1.82, 2.24) is 14.8 Å². The zero-order chi connectivity index (χ0) is 21.6. The highest BCUT2D eigenvalue weighted by Gasteiger charge is 2.48. The highest BCUT2D eigenvalue weighted by molar-refractivity contribution is 7.17. The molecule has 0 aliphatic carbocycles. The minimum absolute atomic E-state index is 0.0737. The fourth-order valence-corrected chi connectivity index (χ4v) is 5.71. The van der Waals surface area contributed by atoms with Crippen LogP contribution in [0.2, 0.25) is 5.02 Å². The third-order valence-electron chi connectivity index (χ3n) is 6.30. The van der Waals surface area contributed by atoms with Gasteiger partial charge in [-0.3, -0.25) is 15.0 Å². The summed E-state index contributed by atoms with van der Waals surface area (Å²) in [5, 5.41) is 3.99. The van der Waals surface area contributed by atoms with E-state index in [2.05, 4.69) is 22.2 Å². The Morgan fingerprint density at radius 2 is 2.03 bits per heavy atom. The van der Waals surface area contributed by atoms with Gasteiger partial charge in [-0.1, -0.05) is 22.9 Å². The molecule has 10 heteroatoms. The summed E-state index contributed by atoms with van der Waals surface area (Å²) in [6.07, 6.45) is 2.51. The number of aromatic nitrogens is 1. The second-order valence-corrected chi connectivity index (χ2v) is 9.85. The molecule has 2 saturated heterocycles. The molecule has 164 valence electrons. The van der Waals surface area contributed by atoms with Crippen LogP contribution in [0.1, 0.15) is 21.7 Å². The summed E-state index contributed by atoms with van der Waals surface area (Å²) < 4.78 is 5.30. The van der Waals surface area contributed by atoms with E-state index in [0.29, 0.717) is 47.9 Å². The Kier molecular flexibility index (Phi) is 5.37. The lowest BCUT2D eigenvalue weighted by atomic mass is 9.81. The molecule has 5 rings (SSSR count). The van der Waals surface area contributed by atoms with Crippen LogP contribution in [0.15, 0.2) is 24.4 Å². The third kappa shape index (κ3) is 3.80. The highest BCUT2D eigenvalue weighted by atomic mass is 35.5. The number of hydrogen-bond acceptors (Lipinski definition) is 6. The molecular formula is C21H24ClN5O3S. The first kappa shape index (κ1) is 20.7. The Morgan fingerprint density at radius 3 is 2.77 bits per heavy atom. The van der Waals surface area contributed by atoms with Gasteiger partial charge in [-0.2, -0.15) is 0 Å². The Morgan fingerprint density at radius 1 is 1.23 bits per heavy atom. The number of amides is 3. The van der Waals surface area contributed by atoms with Gasteiger partial charge >= 0.3 is 6.03 Å². The Bertz CT molecular complexity index is 1020. The van der Waals surface area contributed by atoms with Crippen molar-refractivity contribution in [2.45, 2.75) is 11.8 Å². The van der Waals surface area contributed by atoms with E-state index in [0.717, 1.165) is 30.8 Å². The van der Waals surface area contributed by atoms with Crippen molar-refractivity contribution in [3.63, 3.8) is 0 Å². The number of hydrogen-bond donors (Lipinski definition) is 1. The molecule has 0 saturated carbocycles. The smallest absolute Gasteiger partial charge is 0.328 e. The van der Waals surface area contributed by atoms with Crippen molar-refractivity contribution in [2.75, 3.05) is 63.2 Å². The predicted molar refractivity (Wildman–Crippen MR) is 120 cm³/mol. The Hall–Kier alpha value is -2.20. The lowest BCUT2D eigenvalue weighted by molar-refractivity contribution is 0.0306. The van der Waals surface area contributed by atoms with Crippen LogP contribution >= 0.6 is 22.9 Å². The number of carbonyl (C=O) groups is 2. The molecule has 1 N–H and O–H groups in total. The average molecular weight is 462 g/mol. The maximum absolute atomic E-state index is 13.2. The molecule has 1 spiro atoms. The average Bonchev–Trinajstić information content (AvgIpc) is 3.47. The van der Waals surface area contributed by atoms with Gasteiger partial charge in [0.25, 0.3) is 5.91 Å². The number of halogens is 1. The molecule has 0 bridgehead atoms. The molecule has 1 unspecified atom stereocenters. The summed E-state index contributed by atoms with van der Waals surface area (Å²) in [6, 6.07) is 5.49. The van der Waals surface area contributed by atoms with Crippen molar-refractivity contribution in [3.8, 4) is 0 Å². The number of fused-ring (bicyclic) bond motifs is 2. The number of anilines is 2. The highest BCUT2D eigenvalue weighted by Crippen LogP contribution is 2.47. The van der Waals surface area contributed by atoms with Crippen LogP contribution in [0.5, 0.6) is 0 Å². The first-order valence-corrected chi connectivity index (χ1v) is 11.5. The molecular weight excluding hydrogens is 438 g/mol. The van der Waals surface area contributed by atoms with E-state index in [-0.39, 0.29) is 17.4 Å². The van der Waals surface area contributed by atoms with E-state index in [1.165, 1.54) is 17.5 Å². The minimum Gasteiger partial charge on any atom is -0.378 e. The number of thiazole rings is 1. The van der Waals surface area contributed by atoms with Gasteiger partial charge in [-0.05, 0) is 43.8 Å². The maximum Gasteiger partial charge on any atom is 0.328 e. The van der Waals surface area contributed by atoms with E-state index in [4.69, 9.17) is 16.3 Å². The molecule has 1 aromatic carbocycles. The summed E-state index contributed by atoms with van der Waals surface area (Å²) in [7, 11) is 2.10. The summed E-state index contributed by atoms with van der Waals surface area (Å²) in [6.45, 7) is 4.71. The van der Waals surface area contributed by atoms with Crippen molar-refractivity contribution in [3.05, 3.63) is 39.9 Å². The van der Waals surface area contributed by atoms with Crippen LogP contribution in [-0.4, -0.2) is 79.7 Å². The molecule has 1 atom stereocenters. The van der Waals surface area contributed by atoms with Crippen LogP contribution in [0, 0.1) is 0 Å². The zero-order valence-corrected chi connectivity index (χ0v) is 18.8. The summed E-state index contributed by atoms with van der Waals surface area (Å²) in [5.74, 6) is -0.0737. The number of nitrogens with one attached hydrogen (secondary N) is 1. The van der Waals surface area contributed by atoms with Crippen molar-refractivity contribution >= 4 is 45.7 Å². The van der Waals surface area contributed by atoms with Crippen LogP contribution < -0.4 is 10.2 Å². The van der Waals surface area contributed by atoms with Gasteiger partial charge in [0, 0.05) is 42.3 Å². The van der Waals surface area contributed by atoms with Crippen LogP contribution in [0.4, 0.5) is 15.6 Å². The summed E-state index contributed by atoms with van der Waals surface area (Å²) in [5.41, 5.74) is 1.91. The quantitative estimate of drug-likeness (QED) is 0.744. The fraction of sp³-hybridized carbons (Fsp3) is 0.476. The second kappa shape index (κ2) is 8.05. The van der Waals surface area contributed by atoms with Gasteiger partial charge in [0.05, 0.1) is 19.4 Å². The van der Waals surface area contributed by atoms with Gasteiger partial charge in [-0.25, -0.2) is 9.78 Å². The van der Waals surface area contributed by atoms with E-state index in [9.17, 15) is 9.59 Å². The molecule has 3 aliphatic rings. The summed E-state index contributed by atoms with van der Waals surface area (Å²) >= 11 is 7.49. The molecule has 3 amide bonds. The SMILES string of the molecule is CN1CCC2(C1)CN(C(=O)Nc1ncc(C(=O)N3CCOCC3)s1)c1ccc(Cl)cc12. The molecule has 2 aromatic rings. The number of rotatable bonds is 2. The first-order chi connectivity index (χ1) is 14.9. The molecule has 3 aliphatic heterocycles. The number of likely N-dealkylation sites (tertiary alicyclic amines) is 1. The summed E-state index contributed by atoms with van der Waals surface area (Å²) in [4.78, 5) is 36.4. The molecule has 2 fully saturated rings. The van der Waals surface area contributed by atoms with Crippen LogP contribution in [0.25, 0.3) is 0 Å². The van der Waals surface area contributed by atoms with E-state index in [1.54, 1.807) is 9.80 Å². The number of carbonyl (C=O) groups excluding carboxylic acids is 2. The topological polar surface area (TPSA) is 78.0 Å². The molecule has 4 heterocycles. The zero-order valence-electron chi connectivity index (χ0n) is 17.3. The largest absolute Gasteiger partial charge is 0.378 e. The monoisotopic (exact) mass is 461 g/mol. The second-order valence-electron chi connectivity index (χ2n) is 8.38. The molecule has 31 heavy (non-hydrogen) atoms. The van der Waals surface area contributed by atoms with Crippen molar-refractivity contribution < 1.29 is 14.3 Å². The Labute approximate surface area is 189 Å². The number of ether oxygens (including phenoxy) is 1. The lowest BCUT2D eigenvalue weighted by Gasteiger charge is -2.26. The van der Waals surface area contributed by atoms with Gasteiger partial charge in [-0.15, -0.1) is 0 Å². The minimum atomic E-state index is -0.241. The van der Waals surface area contributed by atoms with Gasteiger partial charge in [0.1, 0.15) is 4.88 Å². The molecule has 8 nitrogen and oxygen atoms in total. The standard InChI is InChI=1S/C21H24ClN5O3S/c1-25-5-4-21(12-25)13-27(16-3-2-14(22)10-15(16)21)20(29)24-19-23-11-17(31-19)18(28)26-6-8-30-9-7-26/h2-3,10-11H,4-9,12-13H2,1H3,(H,23,24,29). The lowest BCUT2D eigenvalue weighted by Crippen LogP contribution is -2.40.